The molecule has 0 radical (unpaired) electrons. The van der Waals surface area contributed by atoms with Crippen molar-refractivity contribution in [2.75, 3.05) is 24.7 Å². The van der Waals surface area contributed by atoms with Crippen molar-refractivity contribution in [1.29, 1.82) is 0 Å². The highest BCUT2D eigenvalue weighted by molar-refractivity contribution is 7.47. The molecule has 3 aliphatic heterocycles. The molecule has 0 aromatic carbocycles. The monoisotopic (exact) mass is 678 g/mol. The first kappa shape index (κ1) is 30.2. The second-order valence-corrected chi connectivity index (χ2v) is 12.9. The van der Waals surface area contributed by atoms with Gasteiger partial charge < -0.3 is 30.7 Å². The number of alkyl halides is 1. The van der Waals surface area contributed by atoms with Gasteiger partial charge in [-0.1, -0.05) is 0 Å². The number of anilines is 2. The Morgan fingerprint density at radius 3 is 2.36 bits per heavy atom. The maximum absolute atomic E-state index is 15.7. The van der Waals surface area contributed by atoms with E-state index in [1.807, 2.05) is 0 Å². The zero-order valence-corrected chi connectivity index (χ0v) is 24.1. The molecule has 4 aromatic rings. The number of fused-ring (bicyclic) bond motifs is 5. The molecule has 9 atom stereocenters. The van der Waals surface area contributed by atoms with Crippen LogP contribution in [0.2, 0.25) is 0 Å². The third-order valence-electron chi connectivity index (χ3n) is 7.23. The summed E-state index contributed by atoms with van der Waals surface area (Å²) in [5.41, 5.74) is 10.2. The van der Waals surface area contributed by atoms with Crippen LogP contribution in [0.3, 0.4) is 0 Å². The number of nitrogen functional groups attached to an aromatic ring is 2. The lowest BCUT2D eigenvalue weighted by atomic mass is 10.1. The van der Waals surface area contributed by atoms with Crippen molar-refractivity contribution < 1.29 is 55.3 Å². The van der Waals surface area contributed by atoms with Crippen LogP contribution in [0.4, 0.5) is 20.5 Å². The highest BCUT2D eigenvalue weighted by Crippen LogP contribution is 2.54. The van der Waals surface area contributed by atoms with E-state index in [1.165, 1.54) is 10.9 Å². The first-order valence-electron chi connectivity index (χ1n) is 12.9. The van der Waals surface area contributed by atoms with Gasteiger partial charge in [-0.3, -0.25) is 37.0 Å². The predicted molar refractivity (Wildman–Crippen MR) is 141 cm³/mol. The number of nitrogens with zero attached hydrogens (tertiary/aromatic N) is 7. The first-order chi connectivity index (χ1) is 21.3. The van der Waals surface area contributed by atoms with Gasteiger partial charge in [-0.15, -0.1) is 0 Å². The van der Waals surface area contributed by atoms with Crippen molar-refractivity contribution >= 4 is 49.7 Å². The lowest BCUT2D eigenvalue weighted by Crippen LogP contribution is -2.32. The van der Waals surface area contributed by atoms with E-state index in [-0.39, 0.29) is 40.5 Å². The molecular formula is C20H22F2N10O11P2. The van der Waals surface area contributed by atoms with E-state index in [4.69, 9.17) is 39.0 Å². The van der Waals surface area contributed by atoms with Crippen molar-refractivity contribution in [3.05, 3.63) is 29.1 Å². The van der Waals surface area contributed by atoms with Crippen molar-refractivity contribution in [2.45, 2.75) is 49.5 Å². The van der Waals surface area contributed by atoms with Crippen LogP contribution in [0.5, 0.6) is 0 Å². The molecule has 0 amide bonds. The first-order valence-corrected chi connectivity index (χ1v) is 15.9. The zero-order chi connectivity index (χ0) is 31.8. The van der Waals surface area contributed by atoms with Gasteiger partial charge in [0, 0.05) is 6.42 Å². The third-order valence-corrected chi connectivity index (χ3v) is 9.23. The molecule has 21 nitrogen and oxygen atoms in total. The molecule has 0 aliphatic carbocycles. The summed E-state index contributed by atoms with van der Waals surface area (Å²) in [4.78, 5) is 54.6. The van der Waals surface area contributed by atoms with Gasteiger partial charge in [0.05, 0.1) is 25.9 Å². The molecule has 2 bridgehead atoms. The molecule has 242 valence electrons. The number of phosphoric ester groups is 2. The molecule has 25 heteroatoms. The van der Waals surface area contributed by atoms with Crippen molar-refractivity contribution in [2.24, 2.45) is 0 Å². The summed E-state index contributed by atoms with van der Waals surface area (Å²) in [5.74, 6) is -0.564. The van der Waals surface area contributed by atoms with E-state index < -0.39 is 83.5 Å². The molecule has 3 fully saturated rings. The SMILES string of the molecule is Nc1nc2c(ncn2[C@@H]2O[C@@H]3COP(=O)(O)O[C@H]4C[C@H](n5cnc6c(N)nc(F)nc65)O[C@@H]4COP(=O)(O)O[C@@H]2[C@@H]3F)c(=O)[nH]1. The van der Waals surface area contributed by atoms with E-state index in [0.717, 1.165) is 10.9 Å². The summed E-state index contributed by atoms with van der Waals surface area (Å²) in [7, 11) is -10.1. The van der Waals surface area contributed by atoms with Gasteiger partial charge in [-0.05, 0) is 0 Å². The molecule has 7 heterocycles. The minimum atomic E-state index is -5.15. The number of imidazole rings is 2. The smallest absolute Gasteiger partial charge is 0.382 e. The summed E-state index contributed by atoms with van der Waals surface area (Å²) >= 11 is 0. The van der Waals surface area contributed by atoms with Gasteiger partial charge in [-0.25, -0.2) is 23.5 Å². The van der Waals surface area contributed by atoms with E-state index in [2.05, 4.69) is 29.9 Å². The quantitative estimate of drug-likeness (QED) is 0.135. The number of ether oxygens (including phenoxy) is 2. The number of H-pyrrole nitrogens is 1. The fourth-order valence-corrected chi connectivity index (χ4v) is 7.15. The van der Waals surface area contributed by atoms with E-state index in [0.29, 0.717) is 0 Å². The standard InChI is InChI=1S/C20H22F2N10O11P2/c21-10-8-3-39-44(34,35)42-6-1-9(31-4-25-11-14(23)27-19(22)28-15(11)31)40-7(6)2-38-45(36,37)43-13(10)18(41-8)32-5-26-12-16(32)29-20(24)30-17(12)33/h4-10,13,18H,1-3H2,(H,34,35)(H,36,37)(H2,23,27,28)(H3,24,29,30,33)/t6-,7+,8+,9+,10+,13+,18+/m0/s1. The van der Waals surface area contributed by atoms with E-state index in [1.54, 1.807) is 0 Å². The molecule has 0 spiro atoms. The number of hydrogen-bond donors (Lipinski definition) is 5. The summed E-state index contributed by atoms with van der Waals surface area (Å²) in [5, 5.41) is 0. The molecule has 3 saturated heterocycles. The number of nitrogens with two attached hydrogens (primary N) is 2. The van der Waals surface area contributed by atoms with Crippen LogP contribution in [0.25, 0.3) is 22.3 Å². The number of halogens is 2. The third kappa shape index (κ3) is 5.50. The van der Waals surface area contributed by atoms with Gasteiger partial charge in [0.2, 0.25) is 5.95 Å². The van der Waals surface area contributed by atoms with Crippen LogP contribution in [0, 0.1) is 6.08 Å². The Balaban J connectivity index is 1.19. The van der Waals surface area contributed by atoms with Crippen LogP contribution in [0.15, 0.2) is 17.4 Å². The fourth-order valence-electron chi connectivity index (χ4n) is 5.27. The van der Waals surface area contributed by atoms with Crippen LogP contribution in [-0.4, -0.2) is 92.6 Å². The molecule has 7 N–H and O–H groups in total. The Morgan fingerprint density at radius 1 is 0.911 bits per heavy atom. The Kier molecular flexibility index (Phi) is 7.24. The van der Waals surface area contributed by atoms with Crippen molar-refractivity contribution in [3.8, 4) is 0 Å². The number of rotatable bonds is 2. The van der Waals surface area contributed by atoms with Gasteiger partial charge in [0.15, 0.2) is 40.5 Å². The lowest BCUT2D eigenvalue weighted by Gasteiger charge is -2.25. The number of aromatic amines is 1. The molecule has 0 saturated carbocycles. The Labute approximate surface area is 247 Å². The van der Waals surface area contributed by atoms with Crippen LogP contribution in [-0.2, 0) is 36.7 Å². The minimum absolute atomic E-state index is 0.0442. The fraction of sp³-hybridized carbons (Fsp3) is 0.500. The predicted octanol–water partition coefficient (Wildman–Crippen LogP) is -0.196. The van der Waals surface area contributed by atoms with Gasteiger partial charge in [-0.2, -0.15) is 19.3 Å². The number of aromatic nitrogens is 8. The summed E-state index contributed by atoms with van der Waals surface area (Å²) < 4.78 is 90.1. The molecule has 3 aliphatic rings. The normalized spacial score (nSPS) is 36.0. The van der Waals surface area contributed by atoms with Gasteiger partial charge >= 0.3 is 21.7 Å². The second-order valence-electron chi connectivity index (χ2n) is 10.1. The average molecular weight is 678 g/mol. The van der Waals surface area contributed by atoms with Crippen molar-refractivity contribution in [1.82, 2.24) is 39.0 Å². The molecule has 4 aromatic heterocycles. The summed E-state index contributed by atoms with van der Waals surface area (Å²) in [6.45, 7) is -1.68. The Hall–Kier alpha value is -3.50. The summed E-state index contributed by atoms with van der Waals surface area (Å²) in [6, 6.07) is 0. The second kappa shape index (κ2) is 10.8. The number of nitrogens with one attached hydrogen (secondary N) is 1. The van der Waals surface area contributed by atoms with Crippen LogP contribution >= 0.6 is 15.6 Å². The highest BCUT2D eigenvalue weighted by atomic mass is 31.2. The Bertz CT molecular complexity index is 1960. The molecular weight excluding hydrogens is 656 g/mol. The van der Waals surface area contributed by atoms with Crippen LogP contribution < -0.4 is 17.0 Å². The molecule has 2 unspecified atom stereocenters. The molecule has 45 heavy (non-hydrogen) atoms. The molecule has 7 rings (SSSR count). The maximum atomic E-state index is 15.7. The van der Waals surface area contributed by atoms with Gasteiger partial charge in [0.1, 0.15) is 30.6 Å². The van der Waals surface area contributed by atoms with Gasteiger partial charge in [0.25, 0.3) is 5.56 Å². The minimum Gasteiger partial charge on any atom is -0.382 e. The largest absolute Gasteiger partial charge is 0.472 e. The zero-order valence-electron chi connectivity index (χ0n) is 22.3. The van der Waals surface area contributed by atoms with E-state index in [9.17, 15) is 28.1 Å². The summed E-state index contributed by atoms with van der Waals surface area (Å²) in [6.07, 6.45) is -10.3. The van der Waals surface area contributed by atoms with Crippen molar-refractivity contribution in [3.63, 3.8) is 0 Å². The average Bonchev–Trinajstić information content (AvgIpc) is 3.72. The Morgan fingerprint density at radius 2 is 1.58 bits per heavy atom. The van der Waals surface area contributed by atoms with Crippen LogP contribution in [0.1, 0.15) is 18.9 Å². The topological polar surface area (TPSA) is 289 Å². The maximum Gasteiger partial charge on any atom is 0.472 e. The lowest BCUT2D eigenvalue weighted by molar-refractivity contribution is -0.0669. The highest BCUT2D eigenvalue weighted by Gasteiger charge is 2.53. The number of hydrogen-bond acceptors (Lipinski definition) is 16. The van der Waals surface area contributed by atoms with E-state index >= 15 is 4.39 Å². The number of phosphoric acid groups is 2.